The lowest BCUT2D eigenvalue weighted by molar-refractivity contribution is -0.118. The number of ether oxygens (including phenoxy) is 1. The Balaban J connectivity index is 1.61. The third-order valence-electron chi connectivity index (χ3n) is 5.71. The number of hydrogen-bond donors (Lipinski definition) is 1. The summed E-state index contributed by atoms with van der Waals surface area (Å²) in [5.74, 6) is 1.15. The van der Waals surface area contributed by atoms with Crippen molar-refractivity contribution >= 4 is 51.6 Å². The van der Waals surface area contributed by atoms with Gasteiger partial charge in [0.1, 0.15) is 16.2 Å². The molecule has 2 aromatic carbocycles. The standard InChI is InChI=1S/C27H24N4O4S3/c1-3-34-21-13-7-6-12-20(21)30-24-23(38-27(30)36)25(33)31(19-11-5-4-9-17(19)2)26(29-24)37-16-22(32)28-15-18-10-8-14-35-18/h4-14H,3,15-16H2,1-2H3,(H,28,32). The van der Waals surface area contributed by atoms with E-state index < -0.39 is 0 Å². The van der Waals surface area contributed by atoms with Gasteiger partial charge in [-0.2, -0.15) is 0 Å². The van der Waals surface area contributed by atoms with Crippen molar-refractivity contribution < 1.29 is 13.9 Å². The average molecular weight is 565 g/mol. The molecule has 8 nitrogen and oxygen atoms in total. The summed E-state index contributed by atoms with van der Waals surface area (Å²) < 4.78 is 15.4. The van der Waals surface area contributed by atoms with Crippen molar-refractivity contribution in [3.05, 3.63) is 92.6 Å². The Bertz CT molecular complexity index is 1720. The summed E-state index contributed by atoms with van der Waals surface area (Å²) >= 11 is 8.10. The van der Waals surface area contributed by atoms with Crippen LogP contribution in [0.15, 0.2) is 81.3 Å². The van der Waals surface area contributed by atoms with E-state index in [2.05, 4.69) is 5.32 Å². The number of amides is 1. The van der Waals surface area contributed by atoms with Crippen molar-refractivity contribution in [2.45, 2.75) is 25.5 Å². The smallest absolute Gasteiger partial charge is 0.278 e. The van der Waals surface area contributed by atoms with Crippen LogP contribution in [-0.4, -0.2) is 32.4 Å². The zero-order valence-corrected chi connectivity index (χ0v) is 23.1. The van der Waals surface area contributed by atoms with Gasteiger partial charge in [0.2, 0.25) is 5.91 Å². The first-order chi connectivity index (χ1) is 18.5. The van der Waals surface area contributed by atoms with Gasteiger partial charge in [-0.25, -0.2) is 4.98 Å². The third kappa shape index (κ3) is 5.17. The molecule has 1 N–H and O–H groups in total. The van der Waals surface area contributed by atoms with Gasteiger partial charge in [0.25, 0.3) is 5.56 Å². The molecule has 0 radical (unpaired) electrons. The fraction of sp³-hybridized carbons (Fsp3) is 0.185. The van der Waals surface area contributed by atoms with Crippen LogP contribution in [0.1, 0.15) is 18.2 Å². The number of fused-ring (bicyclic) bond motifs is 1. The largest absolute Gasteiger partial charge is 0.492 e. The molecule has 0 aliphatic carbocycles. The van der Waals surface area contributed by atoms with Crippen LogP contribution in [0.4, 0.5) is 0 Å². The molecule has 0 fully saturated rings. The maximum atomic E-state index is 14.0. The van der Waals surface area contributed by atoms with Crippen LogP contribution in [-0.2, 0) is 11.3 Å². The summed E-state index contributed by atoms with van der Waals surface area (Å²) in [5, 5.41) is 3.22. The van der Waals surface area contributed by atoms with E-state index in [1.165, 1.54) is 23.1 Å². The minimum absolute atomic E-state index is 0.0605. The minimum atomic E-state index is -0.244. The van der Waals surface area contributed by atoms with Gasteiger partial charge in [-0.1, -0.05) is 53.4 Å². The highest BCUT2D eigenvalue weighted by Gasteiger charge is 2.21. The van der Waals surface area contributed by atoms with E-state index in [-0.39, 0.29) is 23.8 Å². The van der Waals surface area contributed by atoms with E-state index in [1.54, 1.807) is 27.5 Å². The van der Waals surface area contributed by atoms with E-state index in [0.29, 0.717) is 48.9 Å². The lowest BCUT2D eigenvalue weighted by Gasteiger charge is -2.15. The highest BCUT2D eigenvalue weighted by molar-refractivity contribution is 7.99. The van der Waals surface area contributed by atoms with Gasteiger partial charge in [-0.15, -0.1) is 0 Å². The molecule has 11 heteroatoms. The zero-order valence-electron chi connectivity index (χ0n) is 20.7. The highest BCUT2D eigenvalue weighted by Crippen LogP contribution is 2.31. The van der Waals surface area contributed by atoms with E-state index in [1.807, 2.05) is 62.4 Å². The van der Waals surface area contributed by atoms with E-state index >= 15 is 0 Å². The summed E-state index contributed by atoms with van der Waals surface area (Å²) in [6, 6.07) is 18.7. The van der Waals surface area contributed by atoms with Crippen LogP contribution in [0.2, 0.25) is 0 Å². The molecule has 3 aromatic heterocycles. The minimum Gasteiger partial charge on any atom is -0.492 e. The van der Waals surface area contributed by atoms with Gasteiger partial charge in [-0.3, -0.25) is 18.7 Å². The number of thiazole rings is 1. The van der Waals surface area contributed by atoms with Gasteiger partial charge in [0.05, 0.1) is 36.5 Å². The number of thioether (sulfide) groups is 1. The van der Waals surface area contributed by atoms with Crippen molar-refractivity contribution in [2.75, 3.05) is 12.4 Å². The molecule has 38 heavy (non-hydrogen) atoms. The SMILES string of the molecule is CCOc1ccccc1-n1c(=S)sc2c(=O)n(-c3ccccc3C)c(SCC(=O)NCc3ccco3)nc21. The molecular weight excluding hydrogens is 541 g/mol. The summed E-state index contributed by atoms with van der Waals surface area (Å²) in [6.07, 6.45) is 1.56. The molecule has 0 saturated heterocycles. The first kappa shape index (κ1) is 26.0. The number of para-hydroxylation sites is 3. The second-order valence-corrected chi connectivity index (χ2v) is 10.8. The number of aromatic nitrogens is 3. The van der Waals surface area contributed by atoms with E-state index in [4.69, 9.17) is 26.4 Å². The number of furan rings is 1. The summed E-state index contributed by atoms with van der Waals surface area (Å²) in [6.45, 7) is 4.60. The van der Waals surface area contributed by atoms with E-state index in [0.717, 1.165) is 5.56 Å². The molecule has 0 spiro atoms. The van der Waals surface area contributed by atoms with Gasteiger partial charge in [0.15, 0.2) is 14.8 Å². The van der Waals surface area contributed by atoms with Crippen LogP contribution < -0.4 is 15.6 Å². The molecule has 0 unspecified atom stereocenters. The van der Waals surface area contributed by atoms with Gasteiger partial charge in [-0.05, 0) is 62.0 Å². The molecule has 5 rings (SSSR count). The molecule has 5 aromatic rings. The maximum absolute atomic E-state index is 14.0. The van der Waals surface area contributed by atoms with Crippen LogP contribution in [0.3, 0.4) is 0 Å². The Labute approximate surface area is 231 Å². The number of benzene rings is 2. The molecular formula is C27H24N4O4S3. The molecule has 0 bridgehead atoms. The molecule has 0 atom stereocenters. The fourth-order valence-electron chi connectivity index (χ4n) is 3.97. The lowest BCUT2D eigenvalue weighted by atomic mass is 10.2. The van der Waals surface area contributed by atoms with Crippen molar-refractivity contribution in [2.24, 2.45) is 0 Å². The molecule has 0 aliphatic heterocycles. The summed E-state index contributed by atoms with van der Waals surface area (Å²) in [4.78, 5) is 31.5. The Kier molecular flexibility index (Phi) is 7.77. The quantitative estimate of drug-likeness (QED) is 0.140. The number of rotatable bonds is 9. The maximum Gasteiger partial charge on any atom is 0.278 e. The molecule has 0 aliphatic rings. The normalized spacial score (nSPS) is 11.1. The zero-order chi connectivity index (χ0) is 26.6. The topological polar surface area (TPSA) is 91.3 Å². The van der Waals surface area contributed by atoms with Crippen molar-refractivity contribution in [1.29, 1.82) is 0 Å². The van der Waals surface area contributed by atoms with Gasteiger partial charge in [0, 0.05) is 0 Å². The Morgan fingerprint density at radius 3 is 2.61 bits per heavy atom. The summed E-state index contributed by atoms with van der Waals surface area (Å²) in [7, 11) is 0. The van der Waals surface area contributed by atoms with Crippen LogP contribution in [0.25, 0.3) is 21.7 Å². The van der Waals surface area contributed by atoms with Gasteiger partial charge < -0.3 is 14.5 Å². The number of hydrogen-bond acceptors (Lipinski definition) is 8. The van der Waals surface area contributed by atoms with Crippen LogP contribution in [0, 0.1) is 10.9 Å². The van der Waals surface area contributed by atoms with E-state index in [9.17, 15) is 9.59 Å². The summed E-state index contributed by atoms with van der Waals surface area (Å²) in [5.41, 5.74) is 2.50. The molecule has 3 heterocycles. The highest BCUT2D eigenvalue weighted by atomic mass is 32.2. The predicted octanol–water partition coefficient (Wildman–Crippen LogP) is 5.68. The van der Waals surface area contributed by atoms with Gasteiger partial charge >= 0.3 is 0 Å². The molecule has 0 saturated carbocycles. The third-order valence-corrected chi connectivity index (χ3v) is 8.00. The number of nitrogens with one attached hydrogen (secondary N) is 1. The second kappa shape index (κ2) is 11.4. The number of nitrogens with zero attached hydrogens (tertiary/aromatic N) is 3. The van der Waals surface area contributed by atoms with Crippen molar-refractivity contribution in [1.82, 2.24) is 19.4 Å². The Hall–Kier alpha value is -3.67. The number of carbonyl (C=O) groups is 1. The Morgan fingerprint density at radius 2 is 1.87 bits per heavy atom. The second-order valence-electron chi connectivity index (χ2n) is 8.22. The number of carbonyl (C=O) groups excluding carboxylic acids is 1. The average Bonchev–Trinajstić information content (AvgIpc) is 3.55. The first-order valence-electron chi connectivity index (χ1n) is 11.9. The Morgan fingerprint density at radius 1 is 1.11 bits per heavy atom. The first-order valence-corrected chi connectivity index (χ1v) is 14.1. The lowest BCUT2D eigenvalue weighted by Crippen LogP contribution is -2.26. The predicted molar refractivity (Wildman–Crippen MR) is 153 cm³/mol. The fourth-order valence-corrected chi connectivity index (χ4v) is 6.09. The van der Waals surface area contributed by atoms with Crippen molar-refractivity contribution in [3.63, 3.8) is 0 Å². The molecule has 194 valence electrons. The monoisotopic (exact) mass is 564 g/mol. The van der Waals surface area contributed by atoms with Crippen LogP contribution in [0.5, 0.6) is 5.75 Å². The van der Waals surface area contributed by atoms with Crippen molar-refractivity contribution in [3.8, 4) is 17.1 Å². The number of aryl methyl sites for hydroxylation is 1. The molecule has 1 amide bonds. The van der Waals surface area contributed by atoms with Crippen LogP contribution >= 0.6 is 35.3 Å².